The number of halogens is 2. The van der Waals surface area contributed by atoms with Crippen LogP contribution in [0.25, 0.3) is 0 Å². The lowest BCUT2D eigenvalue weighted by molar-refractivity contribution is 0.312. The molecule has 3 rings (SSSR count). The molecule has 1 aliphatic heterocycles. The molecule has 0 radical (unpaired) electrons. The number of likely N-dealkylation sites (tertiary alicyclic amines) is 1. The maximum atomic E-state index is 13.2. The molecular weight excluding hydrogens is 307 g/mol. The molecule has 1 N–H and O–H groups in total. The highest BCUT2D eigenvalue weighted by Gasteiger charge is 2.33. The SMILES string of the molecule is Fc1ccc(Br)c(CNCC2CCN(C3CC3)C2)c1. The molecule has 2 aliphatic rings. The lowest BCUT2D eigenvalue weighted by Gasteiger charge is -2.15. The Morgan fingerprint density at radius 1 is 1.32 bits per heavy atom. The van der Waals surface area contributed by atoms with Gasteiger partial charge in [0.1, 0.15) is 5.82 Å². The van der Waals surface area contributed by atoms with Gasteiger partial charge in [0.25, 0.3) is 0 Å². The molecule has 1 saturated heterocycles. The Morgan fingerprint density at radius 3 is 2.95 bits per heavy atom. The third-order valence-electron chi connectivity index (χ3n) is 4.14. The van der Waals surface area contributed by atoms with E-state index in [0.29, 0.717) is 0 Å². The maximum Gasteiger partial charge on any atom is 0.123 e. The van der Waals surface area contributed by atoms with Crippen molar-refractivity contribution >= 4 is 15.9 Å². The smallest absolute Gasteiger partial charge is 0.123 e. The van der Waals surface area contributed by atoms with E-state index in [1.165, 1.54) is 38.4 Å². The van der Waals surface area contributed by atoms with Crippen LogP contribution in [0.5, 0.6) is 0 Å². The summed E-state index contributed by atoms with van der Waals surface area (Å²) in [5, 5.41) is 3.47. The maximum absolute atomic E-state index is 13.2. The fraction of sp³-hybridized carbons (Fsp3) is 0.600. The van der Waals surface area contributed by atoms with Gasteiger partial charge in [0.15, 0.2) is 0 Å². The van der Waals surface area contributed by atoms with Crippen LogP contribution in [0.3, 0.4) is 0 Å². The van der Waals surface area contributed by atoms with Crippen LogP contribution in [0.2, 0.25) is 0 Å². The van der Waals surface area contributed by atoms with Crippen LogP contribution in [0.1, 0.15) is 24.8 Å². The molecule has 1 aromatic rings. The van der Waals surface area contributed by atoms with E-state index in [9.17, 15) is 4.39 Å². The zero-order valence-electron chi connectivity index (χ0n) is 11.0. The molecule has 0 aromatic heterocycles. The Labute approximate surface area is 122 Å². The highest BCUT2D eigenvalue weighted by Crippen LogP contribution is 2.31. The van der Waals surface area contributed by atoms with Crippen molar-refractivity contribution in [3.63, 3.8) is 0 Å². The highest BCUT2D eigenvalue weighted by atomic mass is 79.9. The Morgan fingerprint density at radius 2 is 2.16 bits per heavy atom. The van der Waals surface area contributed by atoms with Gasteiger partial charge in [-0.25, -0.2) is 4.39 Å². The quantitative estimate of drug-likeness (QED) is 0.894. The van der Waals surface area contributed by atoms with Crippen LogP contribution >= 0.6 is 15.9 Å². The van der Waals surface area contributed by atoms with Gasteiger partial charge in [0.05, 0.1) is 0 Å². The first kappa shape index (κ1) is 13.5. The minimum atomic E-state index is -0.166. The van der Waals surface area contributed by atoms with Crippen molar-refractivity contribution in [1.29, 1.82) is 0 Å². The molecule has 1 aromatic carbocycles. The number of rotatable bonds is 5. The van der Waals surface area contributed by atoms with E-state index in [0.717, 1.165) is 35.1 Å². The number of hydrogen-bond donors (Lipinski definition) is 1. The van der Waals surface area contributed by atoms with Gasteiger partial charge in [-0.05, 0) is 62.0 Å². The van der Waals surface area contributed by atoms with E-state index in [2.05, 4.69) is 26.1 Å². The van der Waals surface area contributed by atoms with Crippen LogP contribution in [0, 0.1) is 11.7 Å². The third-order valence-corrected chi connectivity index (χ3v) is 4.91. The molecule has 4 heteroatoms. The molecule has 2 nitrogen and oxygen atoms in total. The van der Waals surface area contributed by atoms with Gasteiger partial charge in [-0.15, -0.1) is 0 Å². The van der Waals surface area contributed by atoms with Crippen molar-refractivity contribution < 1.29 is 4.39 Å². The van der Waals surface area contributed by atoms with Crippen molar-refractivity contribution in [2.75, 3.05) is 19.6 Å². The molecule has 0 amide bonds. The fourth-order valence-electron chi connectivity index (χ4n) is 2.89. The van der Waals surface area contributed by atoms with E-state index < -0.39 is 0 Å². The second kappa shape index (κ2) is 5.90. The zero-order chi connectivity index (χ0) is 13.2. The molecule has 1 atom stereocenters. The van der Waals surface area contributed by atoms with E-state index in [4.69, 9.17) is 0 Å². The van der Waals surface area contributed by atoms with Crippen LogP contribution < -0.4 is 5.32 Å². The monoisotopic (exact) mass is 326 g/mol. The second-order valence-electron chi connectivity index (χ2n) is 5.75. The average molecular weight is 327 g/mol. The summed E-state index contributed by atoms with van der Waals surface area (Å²) in [6, 6.07) is 5.75. The summed E-state index contributed by atoms with van der Waals surface area (Å²) in [5.74, 6) is 0.591. The van der Waals surface area contributed by atoms with Crippen LogP contribution in [0.15, 0.2) is 22.7 Å². The summed E-state index contributed by atoms with van der Waals surface area (Å²) in [6.07, 6.45) is 4.10. The normalized spacial score (nSPS) is 24.0. The van der Waals surface area contributed by atoms with Gasteiger partial charge in [0.2, 0.25) is 0 Å². The van der Waals surface area contributed by atoms with Crippen molar-refractivity contribution in [2.45, 2.75) is 31.8 Å². The Kier molecular flexibility index (Phi) is 4.20. The number of nitrogens with zero attached hydrogens (tertiary/aromatic N) is 1. The summed E-state index contributed by atoms with van der Waals surface area (Å²) in [6.45, 7) is 4.27. The first-order chi connectivity index (χ1) is 9.22. The van der Waals surface area contributed by atoms with Crippen molar-refractivity contribution in [3.8, 4) is 0 Å². The first-order valence-electron chi connectivity index (χ1n) is 7.11. The van der Waals surface area contributed by atoms with E-state index in [1.54, 1.807) is 12.1 Å². The molecule has 1 heterocycles. The molecule has 1 saturated carbocycles. The van der Waals surface area contributed by atoms with Crippen molar-refractivity contribution in [1.82, 2.24) is 10.2 Å². The molecule has 0 bridgehead atoms. The van der Waals surface area contributed by atoms with Crippen molar-refractivity contribution in [3.05, 3.63) is 34.1 Å². The molecule has 19 heavy (non-hydrogen) atoms. The molecule has 2 fully saturated rings. The summed E-state index contributed by atoms with van der Waals surface area (Å²) >= 11 is 3.47. The molecule has 1 aliphatic carbocycles. The average Bonchev–Trinajstić information content (AvgIpc) is 3.14. The number of benzene rings is 1. The largest absolute Gasteiger partial charge is 0.312 e. The molecular formula is C15H20BrFN2. The minimum Gasteiger partial charge on any atom is -0.312 e. The lowest BCUT2D eigenvalue weighted by Crippen LogP contribution is -2.27. The summed E-state index contributed by atoms with van der Waals surface area (Å²) in [4.78, 5) is 2.63. The zero-order valence-corrected chi connectivity index (χ0v) is 12.6. The van der Waals surface area contributed by atoms with Gasteiger partial charge in [-0.3, -0.25) is 0 Å². The van der Waals surface area contributed by atoms with Crippen LogP contribution in [0.4, 0.5) is 4.39 Å². The Balaban J connectivity index is 1.44. The fourth-order valence-corrected chi connectivity index (χ4v) is 3.28. The Bertz CT molecular complexity index is 448. The van der Waals surface area contributed by atoms with Crippen LogP contribution in [-0.4, -0.2) is 30.6 Å². The summed E-state index contributed by atoms with van der Waals surface area (Å²) < 4.78 is 14.1. The second-order valence-corrected chi connectivity index (χ2v) is 6.60. The predicted octanol–water partition coefficient (Wildman–Crippen LogP) is 3.16. The van der Waals surface area contributed by atoms with Gasteiger partial charge < -0.3 is 10.2 Å². The van der Waals surface area contributed by atoms with E-state index in [-0.39, 0.29) is 5.82 Å². The molecule has 1 unspecified atom stereocenters. The van der Waals surface area contributed by atoms with Gasteiger partial charge in [-0.1, -0.05) is 15.9 Å². The Hall–Kier alpha value is -0.450. The summed E-state index contributed by atoms with van der Waals surface area (Å²) in [5.41, 5.74) is 0.997. The summed E-state index contributed by atoms with van der Waals surface area (Å²) in [7, 11) is 0. The van der Waals surface area contributed by atoms with Crippen LogP contribution in [-0.2, 0) is 6.54 Å². The lowest BCUT2D eigenvalue weighted by atomic mass is 10.1. The molecule has 0 spiro atoms. The highest BCUT2D eigenvalue weighted by molar-refractivity contribution is 9.10. The minimum absolute atomic E-state index is 0.166. The van der Waals surface area contributed by atoms with E-state index in [1.807, 2.05) is 0 Å². The van der Waals surface area contributed by atoms with Crippen molar-refractivity contribution in [2.24, 2.45) is 5.92 Å². The van der Waals surface area contributed by atoms with Gasteiger partial charge in [-0.2, -0.15) is 0 Å². The third kappa shape index (κ3) is 3.56. The predicted molar refractivity (Wildman–Crippen MR) is 78.5 cm³/mol. The standard InChI is InChI=1S/C15H20BrFN2/c16-15-4-1-13(17)7-12(15)9-18-8-11-5-6-19(10-11)14-2-3-14/h1,4,7,11,14,18H,2-3,5-6,8-10H2. The number of hydrogen-bond acceptors (Lipinski definition) is 2. The number of nitrogens with one attached hydrogen (secondary N) is 1. The topological polar surface area (TPSA) is 15.3 Å². The van der Waals surface area contributed by atoms with E-state index >= 15 is 0 Å². The first-order valence-corrected chi connectivity index (χ1v) is 7.90. The molecule has 104 valence electrons. The van der Waals surface area contributed by atoms with Gasteiger partial charge in [0, 0.05) is 23.6 Å². The van der Waals surface area contributed by atoms with Gasteiger partial charge >= 0.3 is 0 Å².